The molecule has 0 saturated carbocycles. The van der Waals surface area contributed by atoms with Crippen LogP contribution in [0.25, 0.3) is 0 Å². The molecule has 0 unspecified atom stereocenters. The third-order valence-corrected chi connectivity index (χ3v) is 5.66. The van der Waals surface area contributed by atoms with Crippen LogP contribution >= 0.6 is 35.3 Å². The Bertz CT molecular complexity index is 903. The van der Waals surface area contributed by atoms with Crippen LogP contribution in [0.1, 0.15) is 5.56 Å². The van der Waals surface area contributed by atoms with E-state index in [0.717, 1.165) is 12.2 Å². The van der Waals surface area contributed by atoms with E-state index in [4.69, 9.17) is 12.2 Å². The van der Waals surface area contributed by atoms with Gasteiger partial charge in [0.15, 0.2) is 3.95 Å². The highest BCUT2D eigenvalue weighted by molar-refractivity contribution is 7.98. The minimum Gasteiger partial charge on any atom is -0.330 e. The van der Waals surface area contributed by atoms with Crippen LogP contribution in [0.4, 0.5) is 15.2 Å². The van der Waals surface area contributed by atoms with Gasteiger partial charge in [0.1, 0.15) is 5.82 Å². The SMILES string of the molecule is CSc1ccc(CN(C)Cn2nc(Nc3ccc(F)cc3)sc2=S)cc1. The van der Waals surface area contributed by atoms with Crippen LogP contribution in [0, 0.1) is 9.77 Å². The first-order valence-electron chi connectivity index (χ1n) is 7.95. The molecule has 0 fully saturated rings. The molecule has 8 heteroatoms. The van der Waals surface area contributed by atoms with Crippen molar-refractivity contribution >= 4 is 46.1 Å². The second kappa shape index (κ2) is 8.77. The predicted molar refractivity (Wildman–Crippen MR) is 110 cm³/mol. The van der Waals surface area contributed by atoms with E-state index in [1.807, 2.05) is 7.05 Å². The molecule has 0 aliphatic rings. The summed E-state index contributed by atoms with van der Waals surface area (Å²) in [6, 6.07) is 14.7. The van der Waals surface area contributed by atoms with Crippen molar-refractivity contribution in [1.29, 1.82) is 0 Å². The quantitative estimate of drug-likeness (QED) is 0.421. The fourth-order valence-electron chi connectivity index (χ4n) is 2.42. The summed E-state index contributed by atoms with van der Waals surface area (Å²) < 4.78 is 15.5. The summed E-state index contributed by atoms with van der Waals surface area (Å²) in [7, 11) is 2.04. The molecule has 0 atom stereocenters. The third kappa shape index (κ3) is 5.14. The Morgan fingerprint density at radius 1 is 1.19 bits per heavy atom. The van der Waals surface area contributed by atoms with Crippen molar-refractivity contribution in [3.8, 4) is 0 Å². The Morgan fingerprint density at radius 2 is 1.88 bits per heavy atom. The van der Waals surface area contributed by atoms with Crippen LogP contribution in [-0.4, -0.2) is 28.0 Å². The highest BCUT2D eigenvalue weighted by Crippen LogP contribution is 2.21. The molecule has 0 radical (unpaired) electrons. The van der Waals surface area contributed by atoms with Gasteiger partial charge in [-0.25, -0.2) is 9.07 Å². The number of rotatable bonds is 7. The van der Waals surface area contributed by atoms with Crippen molar-refractivity contribution < 1.29 is 4.39 Å². The van der Waals surface area contributed by atoms with Gasteiger partial charge in [-0.05, 0) is 67.5 Å². The molecule has 3 aromatic rings. The molecule has 0 amide bonds. The minimum atomic E-state index is -0.263. The lowest BCUT2D eigenvalue weighted by atomic mass is 10.2. The summed E-state index contributed by atoms with van der Waals surface area (Å²) in [5.41, 5.74) is 2.03. The van der Waals surface area contributed by atoms with Crippen molar-refractivity contribution in [1.82, 2.24) is 14.7 Å². The second-order valence-corrected chi connectivity index (χ2v) is 8.31. The van der Waals surface area contributed by atoms with Gasteiger partial charge < -0.3 is 5.32 Å². The van der Waals surface area contributed by atoms with Gasteiger partial charge in [-0.1, -0.05) is 23.5 Å². The molecule has 0 saturated heterocycles. The first-order chi connectivity index (χ1) is 12.5. The van der Waals surface area contributed by atoms with Crippen molar-refractivity contribution in [2.45, 2.75) is 18.1 Å². The van der Waals surface area contributed by atoms with E-state index in [2.05, 4.69) is 45.8 Å². The van der Waals surface area contributed by atoms with Crippen molar-refractivity contribution in [3.63, 3.8) is 0 Å². The first kappa shape index (κ1) is 19.0. The summed E-state index contributed by atoms with van der Waals surface area (Å²) in [4.78, 5) is 3.42. The lowest BCUT2D eigenvalue weighted by Crippen LogP contribution is -2.22. The Labute approximate surface area is 165 Å². The average Bonchev–Trinajstić information content (AvgIpc) is 2.96. The number of anilines is 2. The molecule has 26 heavy (non-hydrogen) atoms. The van der Waals surface area contributed by atoms with Crippen LogP contribution in [-0.2, 0) is 13.2 Å². The normalized spacial score (nSPS) is 11.1. The Hall–Kier alpha value is -1.74. The maximum Gasteiger partial charge on any atom is 0.209 e. The number of hydrogen-bond acceptors (Lipinski definition) is 6. The average molecular weight is 407 g/mol. The summed E-state index contributed by atoms with van der Waals surface area (Å²) in [5.74, 6) is -0.263. The van der Waals surface area contributed by atoms with E-state index >= 15 is 0 Å². The molecule has 0 bridgehead atoms. The Balaban J connectivity index is 1.62. The summed E-state index contributed by atoms with van der Waals surface area (Å²) >= 11 is 8.55. The van der Waals surface area contributed by atoms with Crippen LogP contribution in [0.3, 0.4) is 0 Å². The molecule has 1 aromatic heterocycles. The molecule has 136 valence electrons. The topological polar surface area (TPSA) is 33.1 Å². The minimum absolute atomic E-state index is 0.263. The molecule has 2 aromatic carbocycles. The van der Waals surface area contributed by atoms with E-state index in [-0.39, 0.29) is 5.82 Å². The first-order valence-corrected chi connectivity index (χ1v) is 10.4. The fourth-order valence-corrected chi connectivity index (χ4v) is 3.85. The lowest BCUT2D eigenvalue weighted by Gasteiger charge is -2.16. The van der Waals surface area contributed by atoms with E-state index in [1.165, 1.54) is 33.9 Å². The summed E-state index contributed by atoms with van der Waals surface area (Å²) in [6.07, 6.45) is 2.07. The van der Waals surface area contributed by atoms with Crippen LogP contribution in [0.5, 0.6) is 0 Å². The third-order valence-electron chi connectivity index (χ3n) is 3.69. The lowest BCUT2D eigenvalue weighted by molar-refractivity contribution is 0.245. The maximum atomic E-state index is 13.0. The molecular formula is C18H19FN4S3. The van der Waals surface area contributed by atoms with Gasteiger partial charge in [0.25, 0.3) is 0 Å². The molecule has 0 spiro atoms. The van der Waals surface area contributed by atoms with Gasteiger partial charge in [-0.15, -0.1) is 16.9 Å². The molecule has 3 rings (SSSR count). The highest BCUT2D eigenvalue weighted by atomic mass is 32.2. The number of aromatic nitrogens is 2. The molecule has 1 heterocycles. The van der Waals surface area contributed by atoms with E-state index in [0.29, 0.717) is 15.8 Å². The van der Waals surface area contributed by atoms with Crippen LogP contribution < -0.4 is 5.32 Å². The molecule has 0 aliphatic heterocycles. The molecule has 4 nitrogen and oxygen atoms in total. The Morgan fingerprint density at radius 3 is 2.54 bits per heavy atom. The van der Waals surface area contributed by atoms with Gasteiger partial charge in [-0.2, -0.15) is 0 Å². The number of nitrogens with zero attached hydrogens (tertiary/aromatic N) is 3. The maximum absolute atomic E-state index is 13.0. The van der Waals surface area contributed by atoms with Gasteiger partial charge in [0.05, 0.1) is 6.67 Å². The molecule has 1 N–H and O–H groups in total. The monoisotopic (exact) mass is 406 g/mol. The van der Waals surface area contributed by atoms with E-state index in [9.17, 15) is 4.39 Å². The second-order valence-electron chi connectivity index (χ2n) is 5.81. The smallest absolute Gasteiger partial charge is 0.209 e. The van der Waals surface area contributed by atoms with E-state index < -0.39 is 0 Å². The number of halogens is 1. The highest BCUT2D eigenvalue weighted by Gasteiger charge is 2.08. The number of nitrogens with one attached hydrogen (secondary N) is 1. The summed E-state index contributed by atoms with van der Waals surface area (Å²) in [5, 5.41) is 8.37. The van der Waals surface area contributed by atoms with Crippen LogP contribution in [0.15, 0.2) is 53.4 Å². The molecular weight excluding hydrogens is 387 g/mol. The standard InChI is InChI=1S/C18H19FN4S3/c1-22(11-13-3-9-16(25-2)10-4-13)12-23-18(24)26-17(21-23)20-15-7-5-14(19)6-8-15/h3-10H,11-12H2,1-2H3,(H,20,21). The number of benzene rings is 2. The van der Waals surface area contributed by atoms with Crippen molar-refractivity contribution in [2.24, 2.45) is 0 Å². The van der Waals surface area contributed by atoms with Gasteiger partial charge in [0.2, 0.25) is 5.13 Å². The summed E-state index contributed by atoms with van der Waals surface area (Å²) in [6.45, 7) is 1.42. The fraction of sp³-hybridized carbons (Fsp3) is 0.222. The van der Waals surface area contributed by atoms with Gasteiger partial charge in [0, 0.05) is 17.1 Å². The van der Waals surface area contributed by atoms with E-state index in [1.54, 1.807) is 28.6 Å². The number of hydrogen-bond donors (Lipinski definition) is 1. The van der Waals surface area contributed by atoms with Gasteiger partial charge in [-0.3, -0.25) is 4.90 Å². The van der Waals surface area contributed by atoms with Crippen LogP contribution in [0.2, 0.25) is 0 Å². The van der Waals surface area contributed by atoms with Crippen molar-refractivity contribution in [2.75, 3.05) is 18.6 Å². The Kier molecular flexibility index (Phi) is 6.42. The number of thioether (sulfide) groups is 1. The van der Waals surface area contributed by atoms with Crippen molar-refractivity contribution in [3.05, 3.63) is 63.9 Å². The predicted octanol–water partition coefficient (Wildman–Crippen LogP) is 5.37. The molecule has 0 aliphatic carbocycles. The zero-order valence-corrected chi connectivity index (χ0v) is 16.9. The largest absolute Gasteiger partial charge is 0.330 e. The zero-order chi connectivity index (χ0) is 18.5. The zero-order valence-electron chi connectivity index (χ0n) is 14.5. The van der Waals surface area contributed by atoms with Gasteiger partial charge >= 0.3 is 0 Å².